The minimum atomic E-state index is -5.01. The summed E-state index contributed by atoms with van der Waals surface area (Å²) in [5, 5.41) is 5.96. The average molecular weight is 436 g/mol. The zero-order valence-electron chi connectivity index (χ0n) is 16.6. The van der Waals surface area contributed by atoms with Crippen LogP contribution in [0.15, 0.2) is 30.5 Å². The van der Waals surface area contributed by atoms with Gasteiger partial charge in [-0.05, 0) is 38.6 Å². The van der Waals surface area contributed by atoms with Crippen molar-refractivity contribution in [1.29, 1.82) is 0 Å². The first-order valence-electron chi connectivity index (χ1n) is 9.21. The predicted octanol–water partition coefficient (Wildman–Crippen LogP) is 4.37. The molecule has 30 heavy (non-hydrogen) atoms. The van der Waals surface area contributed by atoms with Gasteiger partial charge in [-0.25, -0.2) is 4.68 Å². The van der Waals surface area contributed by atoms with Crippen LogP contribution in [0.5, 0.6) is 0 Å². The van der Waals surface area contributed by atoms with E-state index in [2.05, 4.69) is 10.4 Å². The van der Waals surface area contributed by atoms with Crippen LogP contribution in [-0.4, -0.2) is 46.3 Å². The van der Waals surface area contributed by atoms with E-state index < -0.39 is 40.8 Å². The summed E-state index contributed by atoms with van der Waals surface area (Å²) in [4.78, 5) is 14.4. The van der Waals surface area contributed by atoms with Crippen molar-refractivity contribution in [2.24, 2.45) is 0 Å². The standard InChI is InChI=1S/C19H22F6N4O/c1-4-28(12(2)3)9-8-26-17(30)15-11-27-29(16(15)19(23,24)25)14-7-5-6-13(10-14)18(20,21)22/h5-7,10-12H,4,8-9H2,1-3H3,(H,26,30). The van der Waals surface area contributed by atoms with E-state index in [4.69, 9.17) is 0 Å². The molecule has 0 saturated carbocycles. The van der Waals surface area contributed by atoms with Gasteiger partial charge in [0.05, 0.1) is 23.0 Å². The molecule has 0 saturated heterocycles. The number of alkyl halides is 6. The fourth-order valence-corrected chi connectivity index (χ4v) is 2.99. The Labute approximate surface area is 169 Å². The number of nitrogens with zero attached hydrogens (tertiary/aromatic N) is 3. The van der Waals surface area contributed by atoms with E-state index in [1.54, 1.807) is 0 Å². The summed E-state index contributed by atoms with van der Waals surface area (Å²) in [7, 11) is 0. The number of carbonyl (C=O) groups excluding carboxylic acids is 1. The molecule has 0 bridgehead atoms. The third-order valence-electron chi connectivity index (χ3n) is 4.52. The number of aromatic nitrogens is 2. The molecular formula is C19H22F6N4O. The van der Waals surface area contributed by atoms with Gasteiger partial charge in [-0.15, -0.1) is 0 Å². The van der Waals surface area contributed by atoms with Crippen LogP contribution in [0.1, 0.15) is 42.4 Å². The maximum absolute atomic E-state index is 13.7. The van der Waals surface area contributed by atoms with Crippen molar-refractivity contribution >= 4 is 5.91 Å². The molecule has 1 aromatic heterocycles. The van der Waals surface area contributed by atoms with Gasteiger partial charge in [0, 0.05) is 19.1 Å². The van der Waals surface area contributed by atoms with Crippen molar-refractivity contribution in [2.75, 3.05) is 19.6 Å². The number of benzene rings is 1. The van der Waals surface area contributed by atoms with Crippen LogP contribution in [0.2, 0.25) is 0 Å². The maximum atomic E-state index is 13.7. The fraction of sp³-hybridized carbons (Fsp3) is 0.474. The second kappa shape index (κ2) is 9.07. The highest BCUT2D eigenvalue weighted by Gasteiger charge is 2.41. The molecule has 5 nitrogen and oxygen atoms in total. The minimum absolute atomic E-state index is 0.108. The smallest absolute Gasteiger partial charge is 0.351 e. The fourth-order valence-electron chi connectivity index (χ4n) is 2.99. The van der Waals surface area contributed by atoms with Gasteiger partial charge in [0.15, 0.2) is 5.69 Å². The highest BCUT2D eigenvalue weighted by molar-refractivity contribution is 5.95. The molecule has 1 N–H and O–H groups in total. The van der Waals surface area contributed by atoms with Crippen LogP contribution in [0.4, 0.5) is 26.3 Å². The second-order valence-corrected chi connectivity index (χ2v) is 6.84. The summed E-state index contributed by atoms with van der Waals surface area (Å²) >= 11 is 0. The average Bonchev–Trinajstić information content (AvgIpc) is 3.10. The molecule has 1 amide bonds. The lowest BCUT2D eigenvalue weighted by atomic mass is 10.1. The third-order valence-corrected chi connectivity index (χ3v) is 4.52. The van der Waals surface area contributed by atoms with Crippen LogP contribution in [0.25, 0.3) is 5.69 Å². The van der Waals surface area contributed by atoms with Gasteiger partial charge in [0.25, 0.3) is 5.91 Å². The molecule has 166 valence electrons. The monoisotopic (exact) mass is 436 g/mol. The van der Waals surface area contributed by atoms with Gasteiger partial charge in [-0.1, -0.05) is 13.0 Å². The Balaban J connectivity index is 2.34. The highest BCUT2D eigenvalue weighted by atomic mass is 19.4. The van der Waals surface area contributed by atoms with Crippen LogP contribution in [-0.2, 0) is 12.4 Å². The second-order valence-electron chi connectivity index (χ2n) is 6.84. The van der Waals surface area contributed by atoms with Gasteiger partial charge in [-0.2, -0.15) is 31.4 Å². The van der Waals surface area contributed by atoms with E-state index in [0.29, 0.717) is 30.0 Å². The maximum Gasteiger partial charge on any atom is 0.434 e. The van der Waals surface area contributed by atoms with E-state index >= 15 is 0 Å². The van der Waals surface area contributed by atoms with Gasteiger partial charge in [0.2, 0.25) is 0 Å². The number of likely N-dealkylation sites (N-methyl/N-ethyl adjacent to an activating group) is 1. The molecule has 1 heterocycles. The highest BCUT2D eigenvalue weighted by Crippen LogP contribution is 2.35. The Morgan fingerprint density at radius 1 is 1.17 bits per heavy atom. The summed E-state index contributed by atoms with van der Waals surface area (Å²) in [6.07, 6.45) is -9.04. The predicted molar refractivity (Wildman–Crippen MR) is 98.3 cm³/mol. The van der Waals surface area contributed by atoms with Gasteiger partial charge in [0.1, 0.15) is 0 Å². The molecule has 0 fully saturated rings. The Morgan fingerprint density at radius 3 is 2.37 bits per heavy atom. The molecule has 0 radical (unpaired) electrons. The van der Waals surface area contributed by atoms with Crippen LogP contribution >= 0.6 is 0 Å². The normalized spacial score (nSPS) is 12.6. The molecule has 2 rings (SSSR count). The summed E-state index contributed by atoms with van der Waals surface area (Å²) < 4.78 is 80.1. The lowest BCUT2D eigenvalue weighted by Crippen LogP contribution is -2.38. The van der Waals surface area contributed by atoms with Gasteiger partial charge in [-0.3, -0.25) is 9.69 Å². The molecule has 0 aliphatic carbocycles. The summed E-state index contributed by atoms with van der Waals surface area (Å²) in [6.45, 7) is 7.07. The zero-order chi connectivity index (χ0) is 22.7. The number of carbonyl (C=O) groups is 1. The SMILES string of the molecule is CCN(CCNC(=O)c1cnn(-c2cccc(C(F)(F)F)c2)c1C(F)(F)F)C(C)C. The Hall–Kier alpha value is -2.56. The summed E-state index contributed by atoms with van der Waals surface area (Å²) in [5.74, 6) is -1.000. The first-order valence-corrected chi connectivity index (χ1v) is 9.21. The van der Waals surface area contributed by atoms with E-state index in [1.165, 1.54) is 0 Å². The van der Waals surface area contributed by atoms with Crippen LogP contribution in [0, 0.1) is 0 Å². The van der Waals surface area contributed by atoms with Crippen molar-refractivity contribution in [1.82, 2.24) is 20.0 Å². The molecule has 11 heteroatoms. The number of nitrogens with one attached hydrogen (secondary N) is 1. The zero-order valence-corrected chi connectivity index (χ0v) is 16.6. The number of rotatable bonds is 7. The van der Waals surface area contributed by atoms with E-state index in [-0.39, 0.29) is 12.6 Å². The van der Waals surface area contributed by atoms with Gasteiger partial charge < -0.3 is 5.32 Å². The topological polar surface area (TPSA) is 50.2 Å². The minimum Gasteiger partial charge on any atom is -0.351 e. The lowest BCUT2D eigenvalue weighted by Gasteiger charge is -2.24. The van der Waals surface area contributed by atoms with Crippen LogP contribution in [0.3, 0.4) is 0 Å². The van der Waals surface area contributed by atoms with Crippen molar-refractivity contribution in [3.05, 3.63) is 47.3 Å². The Kier molecular flexibility index (Phi) is 7.17. The summed E-state index contributed by atoms with van der Waals surface area (Å²) in [6, 6.07) is 3.51. The van der Waals surface area contributed by atoms with E-state index in [0.717, 1.165) is 18.2 Å². The molecule has 0 aliphatic rings. The third kappa shape index (κ3) is 5.53. The molecule has 1 aromatic carbocycles. The molecular weight excluding hydrogens is 414 g/mol. The lowest BCUT2D eigenvalue weighted by molar-refractivity contribution is -0.143. The van der Waals surface area contributed by atoms with E-state index in [9.17, 15) is 31.1 Å². The van der Waals surface area contributed by atoms with Gasteiger partial charge >= 0.3 is 12.4 Å². The number of hydrogen-bond acceptors (Lipinski definition) is 3. The largest absolute Gasteiger partial charge is 0.434 e. The number of halogens is 6. The Morgan fingerprint density at radius 2 is 1.83 bits per heavy atom. The van der Waals surface area contributed by atoms with Crippen molar-refractivity contribution in [3.8, 4) is 5.69 Å². The number of amides is 1. The molecule has 0 spiro atoms. The Bertz CT molecular complexity index is 873. The van der Waals surface area contributed by atoms with Crippen molar-refractivity contribution in [3.63, 3.8) is 0 Å². The first kappa shape index (κ1) is 23.7. The molecule has 0 atom stereocenters. The van der Waals surface area contributed by atoms with E-state index in [1.807, 2.05) is 25.7 Å². The number of hydrogen-bond donors (Lipinski definition) is 1. The first-order chi connectivity index (χ1) is 13.9. The van der Waals surface area contributed by atoms with Crippen molar-refractivity contribution < 1.29 is 31.1 Å². The van der Waals surface area contributed by atoms with Crippen molar-refractivity contribution in [2.45, 2.75) is 39.2 Å². The quantitative estimate of drug-likeness (QED) is 0.656. The molecule has 0 unspecified atom stereocenters. The molecule has 0 aliphatic heterocycles. The molecule has 2 aromatic rings. The summed E-state index contributed by atoms with van der Waals surface area (Å²) in [5.41, 5.74) is -3.76. The van der Waals surface area contributed by atoms with Crippen LogP contribution < -0.4 is 5.32 Å².